The SMILES string of the molecule is CC12CC[C@@H](F)CN1C2. The first-order chi connectivity index (χ1) is 4.21. The van der Waals surface area contributed by atoms with Gasteiger partial charge in [-0.1, -0.05) is 0 Å². The summed E-state index contributed by atoms with van der Waals surface area (Å²) >= 11 is 0. The van der Waals surface area contributed by atoms with Gasteiger partial charge in [0.25, 0.3) is 0 Å². The third-order valence-electron chi connectivity index (χ3n) is 2.61. The van der Waals surface area contributed by atoms with Crippen molar-refractivity contribution in [2.24, 2.45) is 0 Å². The van der Waals surface area contributed by atoms with Gasteiger partial charge in [0, 0.05) is 18.6 Å². The van der Waals surface area contributed by atoms with E-state index in [1.54, 1.807) is 0 Å². The fourth-order valence-corrected chi connectivity index (χ4v) is 1.70. The highest BCUT2D eigenvalue weighted by atomic mass is 19.1. The number of fused-ring (bicyclic) bond motifs is 1. The average molecular weight is 129 g/mol. The Kier molecular flexibility index (Phi) is 0.933. The molecule has 0 saturated carbocycles. The van der Waals surface area contributed by atoms with Crippen molar-refractivity contribution in [3.8, 4) is 0 Å². The number of piperidine rings is 1. The van der Waals surface area contributed by atoms with Gasteiger partial charge in [-0.05, 0) is 19.8 Å². The van der Waals surface area contributed by atoms with Crippen LogP contribution in [-0.4, -0.2) is 29.7 Å². The smallest absolute Gasteiger partial charge is 0.113 e. The van der Waals surface area contributed by atoms with Crippen LogP contribution in [0.4, 0.5) is 4.39 Å². The predicted octanol–water partition coefficient (Wildman–Crippen LogP) is 1.19. The average Bonchev–Trinajstić information content (AvgIpc) is 2.41. The molecular weight excluding hydrogens is 117 g/mol. The van der Waals surface area contributed by atoms with Crippen molar-refractivity contribution in [2.75, 3.05) is 13.1 Å². The maximum Gasteiger partial charge on any atom is 0.113 e. The van der Waals surface area contributed by atoms with Gasteiger partial charge in [-0.2, -0.15) is 0 Å². The van der Waals surface area contributed by atoms with Gasteiger partial charge in [0.2, 0.25) is 0 Å². The number of nitrogens with zero attached hydrogens (tertiary/aromatic N) is 1. The molecule has 2 heteroatoms. The van der Waals surface area contributed by atoms with Crippen molar-refractivity contribution < 1.29 is 4.39 Å². The molecule has 3 atom stereocenters. The lowest BCUT2D eigenvalue weighted by Crippen LogP contribution is -2.28. The van der Waals surface area contributed by atoms with E-state index >= 15 is 0 Å². The van der Waals surface area contributed by atoms with Crippen molar-refractivity contribution in [1.82, 2.24) is 4.90 Å². The van der Waals surface area contributed by atoms with Crippen LogP contribution in [-0.2, 0) is 0 Å². The standard InChI is InChI=1S/C7H12FN/c1-7-3-2-6(8)4-9(7)5-7/h6H,2-5H2,1H3/t6-,7?,9?/m1/s1. The molecule has 0 N–H and O–H groups in total. The van der Waals surface area contributed by atoms with Crippen molar-refractivity contribution in [1.29, 1.82) is 0 Å². The van der Waals surface area contributed by atoms with Crippen molar-refractivity contribution >= 4 is 0 Å². The zero-order valence-electron chi connectivity index (χ0n) is 5.73. The molecule has 0 radical (unpaired) electrons. The molecule has 52 valence electrons. The lowest BCUT2D eigenvalue weighted by Gasteiger charge is -2.20. The van der Waals surface area contributed by atoms with Gasteiger partial charge in [0.15, 0.2) is 0 Å². The van der Waals surface area contributed by atoms with Crippen LogP contribution in [0, 0.1) is 0 Å². The molecule has 0 aromatic carbocycles. The first-order valence-corrected chi connectivity index (χ1v) is 3.60. The van der Waals surface area contributed by atoms with Crippen LogP contribution in [0.5, 0.6) is 0 Å². The Morgan fingerprint density at radius 3 is 3.00 bits per heavy atom. The minimum Gasteiger partial charge on any atom is -0.292 e. The predicted molar refractivity (Wildman–Crippen MR) is 34.1 cm³/mol. The summed E-state index contributed by atoms with van der Waals surface area (Å²) in [5.41, 5.74) is 0.419. The largest absolute Gasteiger partial charge is 0.292 e. The van der Waals surface area contributed by atoms with Crippen LogP contribution < -0.4 is 0 Å². The second kappa shape index (κ2) is 1.48. The minimum atomic E-state index is -0.541. The summed E-state index contributed by atoms with van der Waals surface area (Å²) < 4.78 is 12.6. The molecule has 0 aliphatic carbocycles. The van der Waals surface area contributed by atoms with E-state index in [9.17, 15) is 4.39 Å². The summed E-state index contributed by atoms with van der Waals surface area (Å²) in [6.45, 7) is 4.04. The van der Waals surface area contributed by atoms with Crippen LogP contribution in [0.15, 0.2) is 0 Å². The van der Waals surface area contributed by atoms with E-state index in [-0.39, 0.29) is 0 Å². The monoisotopic (exact) mass is 129 g/mol. The van der Waals surface area contributed by atoms with Gasteiger partial charge >= 0.3 is 0 Å². The second-order valence-electron chi connectivity index (χ2n) is 3.51. The summed E-state index contributed by atoms with van der Waals surface area (Å²) in [7, 11) is 0. The highest BCUT2D eigenvalue weighted by Crippen LogP contribution is 2.40. The molecule has 2 unspecified atom stereocenters. The number of hydrogen-bond acceptors (Lipinski definition) is 1. The van der Waals surface area contributed by atoms with Crippen molar-refractivity contribution in [3.05, 3.63) is 0 Å². The molecule has 0 bridgehead atoms. The van der Waals surface area contributed by atoms with Gasteiger partial charge < -0.3 is 0 Å². The van der Waals surface area contributed by atoms with Crippen LogP contribution in [0.2, 0.25) is 0 Å². The zero-order chi connectivity index (χ0) is 6.48. The fraction of sp³-hybridized carbons (Fsp3) is 1.00. The summed E-state index contributed by atoms with van der Waals surface area (Å²) in [6.07, 6.45) is 1.31. The summed E-state index contributed by atoms with van der Waals surface area (Å²) in [4.78, 5) is 2.22. The van der Waals surface area contributed by atoms with E-state index in [1.165, 1.54) is 0 Å². The van der Waals surface area contributed by atoms with E-state index in [0.29, 0.717) is 12.1 Å². The van der Waals surface area contributed by atoms with Gasteiger partial charge in [-0.15, -0.1) is 0 Å². The Morgan fingerprint density at radius 2 is 2.44 bits per heavy atom. The summed E-state index contributed by atoms with van der Waals surface area (Å²) in [5, 5.41) is 0. The van der Waals surface area contributed by atoms with Crippen LogP contribution in [0.25, 0.3) is 0 Å². The third kappa shape index (κ3) is 0.767. The lowest BCUT2D eigenvalue weighted by atomic mass is 10.0. The lowest BCUT2D eigenvalue weighted by molar-refractivity contribution is 0.195. The number of halogens is 1. The molecule has 0 spiro atoms. The Hall–Kier alpha value is -0.110. The summed E-state index contributed by atoms with van der Waals surface area (Å²) in [6, 6.07) is 0. The first kappa shape index (κ1) is 5.66. The van der Waals surface area contributed by atoms with Gasteiger partial charge in [0.1, 0.15) is 6.17 Å². The molecule has 1 nitrogen and oxygen atoms in total. The van der Waals surface area contributed by atoms with E-state index in [0.717, 1.165) is 19.4 Å². The highest BCUT2D eigenvalue weighted by molar-refractivity contribution is 5.07. The van der Waals surface area contributed by atoms with Crippen molar-refractivity contribution in [2.45, 2.75) is 31.5 Å². The van der Waals surface area contributed by atoms with Crippen molar-refractivity contribution in [3.63, 3.8) is 0 Å². The molecule has 2 heterocycles. The Morgan fingerprint density at radius 1 is 1.67 bits per heavy atom. The number of hydrogen-bond donors (Lipinski definition) is 0. The van der Waals surface area contributed by atoms with Crippen LogP contribution in [0.1, 0.15) is 19.8 Å². The Balaban J connectivity index is 2.01. The van der Waals surface area contributed by atoms with Crippen LogP contribution in [0.3, 0.4) is 0 Å². The molecule has 0 aromatic heterocycles. The van der Waals surface area contributed by atoms with E-state index < -0.39 is 6.17 Å². The van der Waals surface area contributed by atoms with Crippen LogP contribution >= 0.6 is 0 Å². The fourth-order valence-electron chi connectivity index (χ4n) is 1.70. The first-order valence-electron chi connectivity index (χ1n) is 3.60. The zero-order valence-corrected chi connectivity index (χ0v) is 5.73. The number of alkyl halides is 1. The van der Waals surface area contributed by atoms with Gasteiger partial charge in [0.05, 0.1) is 0 Å². The normalized spacial score (nSPS) is 56.7. The highest BCUT2D eigenvalue weighted by Gasteiger charge is 2.50. The van der Waals surface area contributed by atoms with E-state index in [1.807, 2.05) is 0 Å². The van der Waals surface area contributed by atoms with Gasteiger partial charge in [-0.3, -0.25) is 4.90 Å². The molecule has 0 aromatic rings. The maximum atomic E-state index is 12.6. The molecule has 9 heavy (non-hydrogen) atoms. The second-order valence-corrected chi connectivity index (χ2v) is 3.51. The van der Waals surface area contributed by atoms with E-state index in [2.05, 4.69) is 11.8 Å². The minimum absolute atomic E-state index is 0.419. The Labute approximate surface area is 54.8 Å². The Bertz CT molecular complexity index is 137. The molecular formula is C7H12FN. The summed E-state index contributed by atoms with van der Waals surface area (Å²) in [5.74, 6) is 0. The molecule has 2 aliphatic rings. The topological polar surface area (TPSA) is 3.01 Å². The van der Waals surface area contributed by atoms with Gasteiger partial charge in [-0.25, -0.2) is 4.39 Å². The van der Waals surface area contributed by atoms with E-state index in [4.69, 9.17) is 0 Å². The number of rotatable bonds is 0. The molecule has 2 aliphatic heterocycles. The molecule has 2 fully saturated rings. The molecule has 0 amide bonds. The quantitative estimate of drug-likeness (QED) is 0.444. The molecule has 2 saturated heterocycles. The third-order valence-corrected chi connectivity index (χ3v) is 2.61. The maximum absolute atomic E-state index is 12.6. The molecule has 2 rings (SSSR count).